The molecule has 1 heterocycles. The Balaban J connectivity index is 1.84. The van der Waals surface area contributed by atoms with Crippen molar-refractivity contribution in [1.82, 2.24) is 15.1 Å². The van der Waals surface area contributed by atoms with Gasteiger partial charge in [-0.3, -0.25) is 4.79 Å². The molecular formula is C21H23N3OS. The maximum Gasteiger partial charge on any atom is 0.252 e. The zero-order valence-corrected chi connectivity index (χ0v) is 16.3. The Morgan fingerprint density at radius 1 is 1.12 bits per heavy atom. The molecule has 0 radical (unpaired) electrons. The number of nitrogens with zero attached hydrogens (tertiary/aromatic N) is 2. The van der Waals surface area contributed by atoms with Crippen LogP contribution < -0.4 is 5.32 Å². The van der Waals surface area contributed by atoms with E-state index in [0.717, 1.165) is 27.4 Å². The number of hydrogen-bond acceptors (Lipinski definition) is 3. The van der Waals surface area contributed by atoms with E-state index >= 15 is 0 Å². The Hall–Kier alpha value is -2.53. The molecule has 5 heteroatoms. The van der Waals surface area contributed by atoms with Crippen molar-refractivity contribution in [2.24, 2.45) is 0 Å². The summed E-state index contributed by atoms with van der Waals surface area (Å²) >= 11 is 1.58. The van der Waals surface area contributed by atoms with Gasteiger partial charge in [0, 0.05) is 16.2 Å². The van der Waals surface area contributed by atoms with E-state index in [1.54, 1.807) is 11.8 Å². The molecule has 3 aromatic rings. The van der Waals surface area contributed by atoms with Crippen LogP contribution in [0.25, 0.3) is 5.69 Å². The number of carbonyl (C=O) groups excluding carboxylic acids is 1. The van der Waals surface area contributed by atoms with Crippen molar-refractivity contribution in [1.29, 1.82) is 0 Å². The van der Waals surface area contributed by atoms with Gasteiger partial charge in [0.25, 0.3) is 5.91 Å². The summed E-state index contributed by atoms with van der Waals surface area (Å²) in [6.07, 6.45) is 3.82. The number of benzene rings is 2. The van der Waals surface area contributed by atoms with Gasteiger partial charge in [0.2, 0.25) is 0 Å². The van der Waals surface area contributed by atoms with Crippen molar-refractivity contribution >= 4 is 17.7 Å². The minimum Gasteiger partial charge on any atom is -0.345 e. The second-order valence-corrected chi connectivity index (χ2v) is 7.13. The molecule has 1 N–H and O–H groups in total. The minimum atomic E-state index is -0.129. The van der Waals surface area contributed by atoms with Crippen molar-refractivity contribution < 1.29 is 4.79 Å². The molecule has 4 nitrogen and oxygen atoms in total. The standard InChI is InChI=1S/C21H23N3OS/c1-14-9-5-7-11-19(14)24-16(3)18(13-22-24)15(2)23-21(25)17-10-6-8-12-20(17)26-4/h5-13,15H,1-4H3,(H,23,25). The van der Waals surface area contributed by atoms with E-state index in [1.807, 2.05) is 67.4 Å². The summed E-state index contributed by atoms with van der Waals surface area (Å²) < 4.78 is 1.93. The molecule has 0 aliphatic carbocycles. The van der Waals surface area contributed by atoms with Gasteiger partial charge in [-0.15, -0.1) is 11.8 Å². The Kier molecular flexibility index (Phi) is 5.47. The van der Waals surface area contributed by atoms with Gasteiger partial charge in [-0.05, 0) is 50.8 Å². The molecule has 0 aliphatic rings. The molecule has 0 fully saturated rings. The molecule has 1 aromatic heterocycles. The van der Waals surface area contributed by atoms with Crippen LogP contribution in [0.1, 0.15) is 40.1 Å². The molecule has 3 rings (SSSR count). The van der Waals surface area contributed by atoms with Crippen LogP contribution in [0.4, 0.5) is 0 Å². The molecule has 0 saturated heterocycles. The van der Waals surface area contributed by atoms with Crippen molar-refractivity contribution in [3.8, 4) is 5.69 Å². The quantitative estimate of drug-likeness (QED) is 0.667. The van der Waals surface area contributed by atoms with Crippen molar-refractivity contribution in [3.05, 3.63) is 77.1 Å². The smallest absolute Gasteiger partial charge is 0.252 e. The highest BCUT2D eigenvalue weighted by Crippen LogP contribution is 2.24. The van der Waals surface area contributed by atoms with Crippen LogP contribution in [0.5, 0.6) is 0 Å². The Morgan fingerprint density at radius 2 is 1.81 bits per heavy atom. The van der Waals surface area contributed by atoms with Crippen LogP contribution in [0, 0.1) is 13.8 Å². The average Bonchev–Trinajstić information content (AvgIpc) is 3.03. The number of thioether (sulfide) groups is 1. The molecule has 2 aromatic carbocycles. The first-order valence-corrected chi connectivity index (χ1v) is 9.79. The van der Waals surface area contributed by atoms with E-state index in [9.17, 15) is 4.79 Å². The first-order valence-electron chi connectivity index (χ1n) is 8.57. The molecule has 1 unspecified atom stereocenters. The van der Waals surface area contributed by atoms with E-state index in [4.69, 9.17) is 0 Å². The van der Waals surface area contributed by atoms with Crippen LogP contribution in [0.3, 0.4) is 0 Å². The molecule has 0 saturated carbocycles. The van der Waals surface area contributed by atoms with Crippen LogP contribution in [-0.4, -0.2) is 21.9 Å². The van der Waals surface area contributed by atoms with Gasteiger partial charge >= 0.3 is 0 Å². The third-order valence-corrected chi connectivity index (χ3v) is 5.35. The number of aryl methyl sites for hydroxylation is 1. The number of para-hydroxylation sites is 1. The Bertz CT molecular complexity index is 933. The lowest BCUT2D eigenvalue weighted by atomic mass is 10.1. The summed E-state index contributed by atoms with van der Waals surface area (Å²) in [5.41, 5.74) is 4.97. The van der Waals surface area contributed by atoms with Crippen LogP contribution >= 0.6 is 11.8 Å². The van der Waals surface area contributed by atoms with Crippen molar-refractivity contribution in [2.75, 3.05) is 6.26 Å². The van der Waals surface area contributed by atoms with E-state index in [0.29, 0.717) is 5.56 Å². The van der Waals surface area contributed by atoms with Gasteiger partial charge in [-0.25, -0.2) is 4.68 Å². The fraction of sp³-hybridized carbons (Fsp3) is 0.238. The summed E-state index contributed by atoms with van der Waals surface area (Å²) in [7, 11) is 0. The number of aromatic nitrogens is 2. The highest BCUT2D eigenvalue weighted by Gasteiger charge is 2.18. The normalized spacial score (nSPS) is 12.0. The maximum atomic E-state index is 12.7. The number of rotatable bonds is 5. The molecule has 26 heavy (non-hydrogen) atoms. The highest BCUT2D eigenvalue weighted by molar-refractivity contribution is 7.98. The van der Waals surface area contributed by atoms with Gasteiger partial charge in [0.05, 0.1) is 23.5 Å². The molecular weight excluding hydrogens is 342 g/mol. The number of nitrogens with one attached hydrogen (secondary N) is 1. The lowest BCUT2D eigenvalue weighted by Gasteiger charge is -2.16. The van der Waals surface area contributed by atoms with E-state index in [-0.39, 0.29) is 11.9 Å². The SMILES string of the molecule is CSc1ccccc1C(=O)NC(C)c1cnn(-c2ccccc2C)c1C. The zero-order chi connectivity index (χ0) is 18.7. The van der Waals surface area contributed by atoms with Gasteiger partial charge in [0.15, 0.2) is 0 Å². The molecule has 0 bridgehead atoms. The summed E-state index contributed by atoms with van der Waals surface area (Å²) in [5.74, 6) is -0.0644. The fourth-order valence-electron chi connectivity index (χ4n) is 3.08. The van der Waals surface area contributed by atoms with Gasteiger partial charge in [0.1, 0.15) is 0 Å². The largest absolute Gasteiger partial charge is 0.345 e. The van der Waals surface area contributed by atoms with Crippen molar-refractivity contribution in [3.63, 3.8) is 0 Å². The first-order chi connectivity index (χ1) is 12.5. The van der Waals surface area contributed by atoms with Crippen LogP contribution in [0.2, 0.25) is 0 Å². The first kappa shape index (κ1) is 18.3. The lowest BCUT2D eigenvalue weighted by molar-refractivity contribution is 0.0937. The summed E-state index contributed by atoms with van der Waals surface area (Å²) in [6, 6.07) is 15.7. The van der Waals surface area contributed by atoms with E-state index in [2.05, 4.69) is 29.5 Å². The predicted octanol–water partition coefficient (Wildman–Crippen LogP) is 4.70. The second-order valence-electron chi connectivity index (χ2n) is 6.28. The summed E-state index contributed by atoms with van der Waals surface area (Å²) in [4.78, 5) is 13.7. The Morgan fingerprint density at radius 3 is 2.54 bits per heavy atom. The van der Waals surface area contributed by atoms with Gasteiger partial charge in [-0.2, -0.15) is 5.10 Å². The van der Waals surface area contributed by atoms with E-state index < -0.39 is 0 Å². The molecule has 0 aliphatic heterocycles. The monoisotopic (exact) mass is 365 g/mol. The topological polar surface area (TPSA) is 46.9 Å². The number of carbonyl (C=O) groups is 1. The third-order valence-electron chi connectivity index (χ3n) is 4.56. The number of amides is 1. The number of hydrogen-bond donors (Lipinski definition) is 1. The molecule has 1 atom stereocenters. The lowest BCUT2D eigenvalue weighted by Crippen LogP contribution is -2.27. The average molecular weight is 366 g/mol. The highest BCUT2D eigenvalue weighted by atomic mass is 32.2. The Labute approximate surface area is 158 Å². The van der Waals surface area contributed by atoms with Crippen LogP contribution in [-0.2, 0) is 0 Å². The van der Waals surface area contributed by atoms with Gasteiger partial charge in [-0.1, -0.05) is 30.3 Å². The molecule has 1 amide bonds. The van der Waals surface area contributed by atoms with Crippen LogP contribution in [0.15, 0.2) is 59.6 Å². The minimum absolute atomic E-state index is 0.0644. The summed E-state index contributed by atoms with van der Waals surface area (Å²) in [5, 5.41) is 7.64. The van der Waals surface area contributed by atoms with E-state index in [1.165, 1.54) is 0 Å². The maximum absolute atomic E-state index is 12.7. The zero-order valence-electron chi connectivity index (χ0n) is 15.5. The molecule has 134 valence electrons. The third kappa shape index (κ3) is 3.53. The predicted molar refractivity (Wildman–Crippen MR) is 107 cm³/mol. The fourth-order valence-corrected chi connectivity index (χ4v) is 3.67. The second kappa shape index (κ2) is 7.79. The summed E-state index contributed by atoms with van der Waals surface area (Å²) in [6.45, 7) is 6.10. The molecule has 0 spiro atoms. The van der Waals surface area contributed by atoms with Crippen molar-refractivity contribution in [2.45, 2.75) is 31.7 Å². The van der Waals surface area contributed by atoms with Gasteiger partial charge < -0.3 is 5.32 Å².